The molecule has 3 nitrogen and oxygen atoms in total. The predicted octanol–water partition coefficient (Wildman–Crippen LogP) is 4.69. The highest BCUT2D eigenvalue weighted by Gasteiger charge is 2.14. The van der Waals surface area contributed by atoms with Gasteiger partial charge in [-0.25, -0.2) is 4.79 Å². The van der Waals surface area contributed by atoms with Gasteiger partial charge in [-0.05, 0) is 48.4 Å². The van der Waals surface area contributed by atoms with Crippen LogP contribution in [0.4, 0.5) is 4.79 Å². The van der Waals surface area contributed by atoms with Gasteiger partial charge >= 0.3 is 6.16 Å². The molecule has 0 spiro atoms. The monoisotopic (exact) mass is 278 g/mol. The molecule has 0 unspecified atom stereocenters. The van der Waals surface area contributed by atoms with E-state index in [9.17, 15) is 4.79 Å². The number of ether oxygens (including phenoxy) is 2. The van der Waals surface area contributed by atoms with Gasteiger partial charge in [-0.2, -0.15) is 0 Å². The number of rotatable bonds is 7. The topological polar surface area (TPSA) is 35.5 Å². The molecule has 0 fully saturated rings. The van der Waals surface area contributed by atoms with Crippen LogP contribution in [0.5, 0.6) is 5.75 Å². The Hall–Kier alpha value is -1.51. The molecule has 1 rings (SSSR count). The van der Waals surface area contributed by atoms with E-state index in [4.69, 9.17) is 9.47 Å². The normalized spacial score (nSPS) is 10.4. The quantitative estimate of drug-likeness (QED) is 0.412. The molecule has 20 heavy (non-hydrogen) atoms. The van der Waals surface area contributed by atoms with Crippen molar-refractivity contribution in [2.75, 3.05) is 6.61 Å². The number of hydrogen-bond donors (Lipinski definition) is 0. The zero-order chi connectivity index (χ0) is 15.0. The zero-order valence-electron chi connectivity index (χ0n) is 13.1. The zero-order valence-corrected chi connectivity index (χ0v) is 13.1. The number of aryl methyl sites for hydroxylation is 1. The number of hydrogen-bond acceptors (Lipinski definition) is 3. The summed E-state index contributed by atoms with van der Waals surface area (Å²) in [4.78, 5) is 11.7. The fourth-order valence-electron chi connectivity index (χ4n) is 2.39. The van der Waals surface area contributed by atoms with Gasteiger partial charge in [0.15, 0.2) is 0 Å². The first-order valence-corrected chi connectivity index (χ1v) is 7.65. The van der Waals surface area contributed by atoms with Gasteiger partial charge in [-0.3, -0.25) is 0 Å². The van der Waals surface area contributed by atoms with Gasteiger partial charge in [-0.1, -0.05) is 40.2 Å². The molecule has 1 aromatic carbocycles. The van der Waals surface area contributed by atoms with E-state index in [2.05, 4.69) is 27.7 Å². The number of carbonyl (C=O) groups excluding carboxylic acids is 1. The summed E-state index contributed by atoms with van der Waals surface area (Å²) in [6.45, 7) is 8.85. The Morgan fingerprint density at radius 3 is 2.25 bits per heavy atom. The van der Waals surface area contributed by atoms with E-state index < -0.39 is 6.16 Å². The molecule has 0 N–H and O–H groups in total. The van der Waals surface area contributed by atoms with Gasteiger partial charge < -0.3 is 9.47 Å². The third kappa shape index (κ3) is 4.26. The van der Waals surface area contributed by atoms with Crippen molar-refractivity contribution in [3.63, 3.8) is 0 Å². The molecule has 0 aliphatic carbocycles. The van der Waals surface area contributed by atoms with Crippen molar-refractivity contribution in [1.82, 2.24) is 0 Å². The molecule has 0 radical (unpaired) electrons. The van der Waals surface area contributed by atoms with Crippen LogP contribution in [0, 0.1) is 0 Å². The lowest BCUT2D eigenvalue weighted by molar-refractivity contribution is 0.0975. The molecule has 0 heterocycles. The second-order valence-electron chi connectivity index (χ2n) is 4.79. The number of benzene rings is 1. The highest BCUT2D eigenvalue weighted by atomic mass is 16.7. The van der Waals surface area contributed by atoms with E-state index in [1.807, 2.05) is 12.1 Å². The van der Waals surface area contributed by atoms with Gasteiger partial charge in [0.2, 0.25) is 0 Å². The van der Waals surface area contributed by atoms with E-state index in [0.29, 0.717) is 12.4 Å². The van der Waals surface area contributed by atoms with E-state index in [1.54, 1.807) is 0 Å². The lowest BCUT2D eigenvalue weighted by Gasteiger charge is -2.16. The second-order valence-corrected chi connectivity index (χ2v) is 4.79. The smallest absolute Gasteiger partial charge is 0.434 e. The summed E-state index contributed by atoms with van der Waals surface area (Å²) in [6.07, 6.45) is 4.07. The average molecular weight is 278 g/mol. The molecule has 0 saturated heterocycles. The standard InChI is InChI=1S/C17H26O3/c1-5-9-12-19-17(18)20-16-11-10-13(6-2)14(7-3)15(16)8-4/h10-11H,5-9,12H2,1-4H3. The molecule has 0 aliphatic rings. The van der Waals surface area contributed by atoms with Crippen LogP contribution in [0.2, 0.25) is 0 Å². The lowest BCUT2D eigenvalue weighted by Crippen LogP contribution is -2.13. The second kappa shape index (κ2) is 8.62. The molecule has 0 aromatic heterocycles. The minimum atomic E-state index is -0.598. The summed E-state index contributed by atoms with van der Waals surface area (Å²) in [7, 11) is 0. The summed E-state index contributed by atoms with van der Waals surface area (Å²) in [5.41, 5.74) is 3.75. The van der Waals surface area contributed by atoms with Crippen LogP contribution >= 0.6 is 0 Å². The van der Waals surface area contributed by atoms with Crippen molar-refractivity contribution < 1.29 is 14.3 Å². The summed E-state index contributed by atoms with van der Waals surface area (Å²) in [5.74, 6) is 0.642. The van der Waals surface area contributed by atoms with Gasteiger partial charge in [-0.15, -0.1) is 0 Å². The van der Waals surface area contributed by atoms with Crippen LogP contribution in [0.25, 0.3) is 0 Å². The summed E-state index contributed by atoms with van der Waals surface area (Å²) in [6, 6.07) is 3.94. The first-order valence-electron chi connectivity index (χ1n) is 7.65. The van der Waals surface area contributed by atoms with Crippen molar-refractivity contribution in [3.8, 4) is 5.75 Å². The Balaban J connectivity index is 2.87. The maximum atomic E-state index is 11.7. The molecule has 0 atom stereocenters. The summed E-state index contributed by atoms with van der Waals surface area (Å²) in [5, 5.41) is 0. The lowest BCUT2D eigenvalue weighted by atomic mass is 9.95. The number of carbonyl (C=O) groups is 1. The SMILES string of the molecule is CCCCOC(=O)Oc1ccc(CC)c(CC)c1CC. The maximum absolute atomic E-state index is 11.7. The first kappa shape index (κ1) is 16.5. The third-order valence-electron chi connectivity index (χ3n) is 3.48. The van der Waals surface area contributed by atoms with Gasteiger partial charge in [0.25, 0.3) is 0 Å². The molecule has 112 valence electrons. The van der Waals surface area contributed by atoms with E-state index >= 15 is 0 Å². The van der Waals surface area contributed by atoms with Crippen LogP contribution in [0.3, 0.4) is 0 Å². The highest BCUT2D eigenvalue weighted by Crippen LogP contribution is 2.27. The van der Waals surface area contributed by atoms with Crippen LogP contribution < -0.4 is 4.74 Å². The van der Waals surface area contributed by atoms with Gasteiger partial charge in [0.1, 0.15) is 5.75 Å². The fraction of sp³-hybridized carbons (Fsp3) is 0.588. The van der Waals surface area contributed by atoms with Crippen molar-refractivity contribution in [1.29, 1.82) is 0 Å². The molecule has 3 heteroatoms. The van der Waals surface area contributed by atoms with Crippen molar-refractivity contribution in [3.05, 3.63) is 28.8 Å². The Labute approximate surface area is 122 Å². The van der Waals surface area contributed by atoms with Crippen LogP contribution in [-0.2, 0) is 24.0 Å². The van der Waals surface area contributed by atoms with Crippen molar-refractivity contribution in [2.45, 2.75) is 59.8 Å². The Morgan fingerprint density at radius 2 is 1.70 bits per heavy atom. The maximum Gasteiger partial charge on any atom is 0.513 e. The van der Waals surface area contributed by atoms with Crippen molar-refractivity contribution in [2.24, 2.45) is 0 Å². The molecule has 1 aromatic rings. The molecular weight excluding hydrogens is 252 g/mol. The summed E-state index contributed by atoms with van der Waals surface area (Å²) < 4.78 is 10.4. The predicted molar refractivity (Wildman–Crippen MR) is 81.5 cm³/mol. The third-order valence-corrected chi connectivity index (χ3v) is 3.48. The van der Waals surface area contributed by atoms with E-state index in [0.717, 1.165) is 37.7 Å². The van der Waals surface area contributed by atoms with Gasteiger partial charge in [0.05, 0.1) is 6.61 Å². The molecule has 0 saturated carbocycles. The van der Waals surface area contributed by atoms with Crippen molar-refractivity contribution >= 4 is 6.16 Å². The highest BCUT2D eigenvalue weighted by molar-refractivity contribution is 5.65. The minimum Gasteiger partial charge on any atom is -0.434 e. The molecule has 0 bridgehead atoms. The largest absolute Gasteiger partial charge is 0.513 e. The molecule has 0 aliphatic heterocycles. The average Bonchev–Trinajstić information content (AvgIpc) is 2.46. The van der Waals surface area contributed by atoms with Crippen LogP contribution in [0.1, 0.15) is 57.2 Å². The Kier molecular flexibility index (Phi) is 7.13. The van der Waals surface area contributed by atoms with Gasteiger partial charge in [0, 0.05) is 0 Å². The Morgan fingerprint density at radius 1 is 1.00 bits per heavy atom. The molecular formula is C17H26O3. The Bertz CT molecular complexity index is 438. The minimum absolute atomic E-state index is 0.421. The number of unbranched alkanes of at least 4 members (excludes halogenated alkanes) is 1. The fourth-order valence-corrected chi connectivity index (χ4v) is 2.39. The van der Waals surface area contributed by atoms with E-state index in [1.165, 1.54) is 11.1 Å². The summed E-state index contributed by atoms with van der Waals surface area (Å²) >= 11 is 0. The van der Waals surface area contributed by atoms with E-state index in [-0.39, 0.29) is 0 Å². The molecule has 0 amide bonds. The van der Waals surface area contributed by atoms with Crippen LogP contribution in [-0.4, -0.2) is 12.8 Å². The first-order chi connectivity index (χ1) is 9.67. The van der Waals surface area contributed by atoms with Crippen LogP contribution in [0.15, 0.2) is 12.1 Å².